The minimum atomic E-state index is -0.366. The van der Waals surface area contributed by atoms with Crippen molar-refractivity contribution in [2.45, 2.75) is 32.1 Å². The summed E-state index contributed by atoms with van der Waals surface area (Å²) in [7, 11) is 0. The van der Waals surface area contributed by atoms with Crippen LogP contribution < -0.4 is 16.1 Å². The number of nitrogens with one attached hydrogen (secondary N) is 2. The zero-order valence-electron chi connectivity index (χ0n) is 13.3. The number of hydrogen-bond acceptors (Lipinski definition) is 4. The molecule has 0 bridgehead atoms. The first-order chi connectivity index (χ1) is 11.7. The van der Waals surface area contributed by atoms with Crippen LogP contribution in [0.1, 0.15) is 42.7 Å². The Labute approximate surface area is 139 Å². The number of benzene rings is 1. The monoisotopic (exact) mass is 328 g/mol. The van der Waals surface area contributed by atoms with Crippen LogP contribution in [-0.4, -0.2) is 18.9 Å². The van der Waals surface area contributed by atoms with Gasteiger partial charge in [0.05, 0.1) is 5.39 Å². The van der Waals surface area contributed by atoms with Gasteiger partial charge in [0.2, 0.25) is 6.41 Å². The smallest absolute Gasteiger partial charge is 0.287 e. The third-order valence-electron chi connectivity index (χ3n) is 4.45. The molecule has 126 valence electrons. The van der Waals surface area contributed by atoms with E-state index in [9.17, 15) is 14.4 Å². The molecule has 1 saturated carbocycles. The fourth-order valence-corrected chi connectivity index (χ4v) is 3.14. The first kappa shape index (κ1) is 16.2. The first-order valence-corrected chi connectivity index (χ1v) is 8.23. The summed E-state index contributed by atoms with van der Waals surface area (Å²) in [4.78, 5) is 34.9. The largest absolute Gasteiger partial charge is 0.451 e. The number of rotatable bonds is 5. The molecule has 3 rings (SSSR count). The third-order valence-corrected chi connectivity index (χ3v) is 4.45. The van der Waals surface area contributed by atoms with E-state index in [0.29, 0.717) is 35.5 Å². The molecular formula is C18H20N2O4. The van der Waals surface area contributed by atoms with Gasteiger partial charge in [-0.05, 0) is 37.0 Å². The predicted molar refractivity (Wildman–Crippen MR) is 91.1 cm³/mol. The summed E-state index contributed by atoms with van der Waals surface area (Å²) < 4.78 is 5.55. The van der Waals surface area contributed by atoms with E-state index in [1.165, 1.54) is 31.4 Å². The Morgan fingerprint density at radius 2 is 2.00 bits per heavy atom. The van der Waals surface area contributed by atoms with Gasteiger partial charge in [-0.1, -0.05) is 19.3 Å². The Kier molecular flexibility index (Phi) is 4.93. The zero-order valence-corrected chi connectivity index (χ0v) is 13.3. The zero-order chi connectivity index (χ0) is 16.9. The van der Waals surface area contributed by atoms with E-state index in [-0.39, 0.29) is 17.1 Å². The quantitative estimate of drug-likeness (QED) is 0.826. The summed E-state index contributed by atoms with van der Waals surface area (Å²) in [5.41, 5.74) is 0.509. The molecule has 1 aliphatic carbocycles. The van der Waals surface area contributed by atoms with E-state index < -0.39 is 0 Å². The van der Waals surface area contributed by atoms with E-state index >= 15 is 0 Å². The number of hydrogen-bond donors (Lipinski definition) is 2. The van der Waals surface area contributed by atoms with Gasteiger partial charge in [0.25, 0.3) is 5.91 Å². The number of carbonyl (C=O) groups excluding carboxylic acids is 2. The van der Waals surface area contributed by atoms with E-state index in [1.807, 2.05) is 0 Å². The number of carbonyl (C=O) groups is 2. The molecule has 2 amide bonds. The highest BCUT2D eigenvalue weighted by molar-refractivity contribution is 5.93. The Hall–Kier alpha value is -2.63. The molecule has 2 aromatic rings. The predicted octanol–water partition coefficient (Wildman–Crippen LogP) is 2.67. The molecular weight excluding hydrogens is 308 g/mol. The van der Waals surface area contributed by atoms with Crippen LogP contribution in [0.25, 0.3) is 11.0 Å². The molecule has 1 aromatic carbocycles. The van der Waals surface area contributed by atoms with E-state index in [4.69, 9.17) is 4.42 Å². The molecule has 0 radical (unpaired) electrons. The fraction of sp³-hybridized carbons (Fsp3) is 0.389. The maximum Gasteiger partial charge on any atom is 0.287 e. The van der Waals surface area contributed by atoms with Crippen molar-refractivity contribution in [3.05, 3.63) is 40.2 Å². The van der Waals surface area contributed by atoms with Gasteiger partial charge < -0.3 is 15.1 Å². The van der Waals surface area contributed by atoms with Gasteiger partial charge in [0.15, 0.2) is 11.2 Å². The van der Waals surface area contributed by atoms with Gasteiger partial charge in [-0.3, -0.25) is 14.4 Å². The van der Waals surface area contributed by atoms with Gasteiger partial charge in [-0.2, -0.15) is 0 Å². The lowest BCUT2D eigenvalue weighted by atomic mass is 9.89. The minimum Gasteiger partial charge on any atom is -0.451 e. The average molecular weight is 328 g/mol. The van der Waals surface area contributed by atoms with Gasteiger partial charge in [-0.25, -0.2) is 0 Å². The van der Waals surface area contributed by atoms with Gasteiger partial charge >= 0.3 is 0 Å². The molecule has 6 heteroatoms. The van der Waals surface area contributed by atoms with Crippen LogP contribution in [0, 0.1) is 5.92 Å². The lowest BCUT2D eigenvalue weighted by Crippen LogP contribution is -2.30. The van der Waals surface area contributed by atoms with E-state index in [0.717, 1.165) is 12.8 Å². The maximum absolute atomic E-state index is 12.3. The van der Waals surface area contributed by atoms with Gasteiger partial charge in [0, 0.05) is 18.3 Å². The summed E-state index contributed by atoms with van der Waals surface area (Å²) in [5, 5.41) is 5.67. The second-order valence-electron chi connectivity index (χ2n) is 6.16. The van der Waals surface area contributed by atoms with Crippen LogP contribution in [0.2, 0.25) is 0 Å². The molecule has 1 fully saturated rings. The highest BCUT2D eigenvalue weighted by Gasteiger charge is 2.17. The van der Waals surface area contributed by atoms with Crippen LogP contribution in [0.4, 0.5) is 5.69 Å². The topological polar surface area (TPSA) is 88.4 Å². The van der Waals surface area contributed by atoms with Crippen LogP contribution >= 0.6 is 0 Å². The summed E-state index contributed by atoms with van der Waals surface area (Å²) in [6.07, 6.45) is 6.50. The first-order valence-electron chi connectivity index (χ1n) is 8.23. The van der Waals surface area contributed by atoms with Crippen molar-refractivity contribution >= 4 is 29.0 Å². The van der Waals surface area contributed by atoms with Crippen molar-refractivity contribution in [3.63, 3.8) is 0 Å². The summed E-state index contributed by atoms with van der Waals surface area (Å²) in [5.74, 6) is 0.154. The van der Waals surface area contributed by atoms with Crippen molar-refractivity contribution in [2.75, 3.05) is 11.9 Å². The molecule has 1 aliphatic rings. The van der Waals surface area contributed by atoms with Crippen molar-refractivity contribution in [2.24, 2.45) is 5.92 Å². The highest BCUT2D eigenvalue weighted by atomic mass is 16.3. The van der Waals surface area contributed by atoms with Crippen molar-refractivity contribution < 1.29 is 14.0 Å². The van der Waals surface area contributed by atoms with Crippen LogP contribution in [0.3, 0.4) is 0 Å². The standard InChI is InChI=1S/C18H20N2O4/c21-11-20-13-6-7-16-14(8-13)15(22)9-17(24-16)18(23)19-10-12-4-2-1-3-5-12/h6-9,11-12H,1-5,10H2,(H,19,23)(H,20,21). The number of anilines is 1. The normalized spacial score (nSPS) is 15.2. The van der Waals surface area contributed by atoms with Gasteiger partial charge in [-0.15, -0.1) is 0 Å². The number of amides is 2. The minimum absolute atomic E-state index is 0.0133. The molecule has 1 heterocycles. The molecule has 1 aromatic heterocycles. The lowest BCUT2D eigenvalue weighted by Gasteiger charge is -2.21. The molecule has 0 saturated heterocycles. The summed E-state index contributed by atoms with van der Waals surface area (Å²) >= 11 is 0. The molecule has 0 unspecified atom stereocenters. The van der Waals surface area contributed by atoms with Crippen molar-refractivity contribution in [1.29, 1.82) is 0 Å². The Bertz CT molecular complexity index is 806. The SMILES string of the molecule is O=CNc1ccc2oc(C(=O)NCC3CCCCC3)cc(=O)c2c1. The molecule has 2 N–H and O–H groups in total. The van der Waals surface area contributed by atoms with Gasteiger partial charge in [0.1, 0.15) is 5.58 Å². The Balaban J connectivity index is 1.76. The van der Waals surface area contributed by atoms with Crippen LogP contribution in [0.5, 0.6) is 0 Å². The Morgan fingerprint density at radius 1 is 1.21 bits per heavy atom. The molecule has 6 nitrogen and oxygen atoms in total. The van der Waals surface area contributed by atoms with Crippen molar-refractivity contribution in [3.8, 4) is 0 Å². The molecule has 0 spiro atoms. The summed E-state index contributed by atoms with van der Waals surface area (Å²) in [6.45, 7) is 0.614. The van der Waals surface area contributed by atoms with Crippen molar-refractivity contribution in [1.82, 2.24) is 5.32 Å². The van der Waals surface area contributed by atoms with Crippen LogP contribution in [-0.2, 0) is 4.79 Å². The summed E-state index contributed by atoms with van der Waals surface area (Å²) in [6, 6.07) is 5.91. The molecule has 0 aliphatic heterocycles. The maximum atomic E-state index is 12.3. The van der Waals surface area contributed by atoms with E-state index in [2.05, 4.69) is 10.6 Å². The average Bonchev–Trinajstić information content (AvgIpc) is 2.61. The highest BCUT2D eigenvalue weighted by Crippen LogP contribution is 2.23. The fourth-order valence-electron chi connectivity index (χ4n) is 3.14. The number of fused-ring (bicyclic) bond motifs is 1. The molecule has 0 atom stereocenters. The van der Waals surface area contributed by atoms with E-state index in [1.54, 1.807) is 12.1 Å². The van der Waals surface area contributed by atoms with Crippen LogP contribution in [0.15, 0.2) is 33.5 Å². The second kappa shape index (κ2) is 7.29. The lowest BCUT2D eigenvalue weighted by molar-refractivity contribution is -0.105. The second-order valence-corrected chi connectivity index (χ2v) is 6.16. The Morgan fingerprint density at radius 3 is 2.75 bits per heavy atom. The third kappa shape index (κ3) is 3.64. The molecule has 24 heavy (non-hydrogen) atoms.